The summed E-state index contributed by atoms with van der Waals surface area (Å²) < 4.78 is 10.7. The molecule has 2 aromatic rings. The van der Waals surface area contributed by atoms with Crippen molar-refractivity contribution in [3.05, 3.63) is 53.9 Å². The lowest BCUT2D eigenvalue weighted by atomic mass is 9.84. The largest absolute Gasteiger partial charge is 0.493 e. The van der Waals surface area contributed by atoms with E-state index in [9.17, 15) is 4.79 Å². The molecule has 0 saturated carbocycles. The number of pyridine rings is 1. The molecule has 30 heavy (non-hydrogen) atoms. The van der Waals surface area contributed by atoms with Crippen LogP contribution in [0, 0.1) is 0 Å². The van der Waals surface area contributed by atoms with E-state index in [1.165, 1.54) is 5.56 Å². The molecule has 2 saturated heterocycles. The molecule has 2 N–H and O–H groups in total. The number of nitrogens with one attached hydrogen (secondary N) is 2. The molecule has 3 heterocycles. The number of piperidine rings is 1. The van der Waals surface area contributed by atoms with Gasteiger partial charge in [-0.2, -0.15) is 0 Å². The highest BCUT2D eigenvalue weighted by Crippen LogP contribution is 2.32. The second-order valence-corrected chi connectivity index (χ2v) is 7.95. The van der Waals surface area contributed by atoms with Crippen LogP contribution < -0.4 is 20.3 Å². The number of likely N-dealkylation sites (tertiary alicyclic amines) is 1. The molecule has 0 spiro atoms. The van der Waals surface area contributed by atoms with E-state index < -0.39 is 0 Å². The maximum atomic E-state index is 13.3. The Morgan fingerprint density at radius 1 is 1.13 bits per heavy atom. The number of ether oxygens (including phenoxy) is 2. The van der Waals surface area contributed by atoms with Crippen molar-refractivity contribution in [1.82, 2.24) is 20.7 Å². The van der Waals surface area contributed by atoms with Crippen LogP contribution in [0.25, 0.3) is 0 Å². The van der Waals surface area contributed by atoms with Gasteiger partial charge in [-0.05, 0) is 54.7 Å². The number of nitrogens with zero attached hydrogens (tertiary/aromatic N) is 2. The van der Waals surface area contributed by atoms with Gasteiger partial charge in [-0.3, -0.25) is 20.6 Å². The molecule has 3 unspecified atom stereocenters. The van der Waals surface area contributed by atoms with Crippen molar-refractivity contribution in [3.63, 3.8) is 0 Å². The number of rotatable bonds is 6. The van der Waals surface area contributed by atoms with E-state index in [0.29, 0.717) is 23.8 Å². The predicted octanol–water partition coefficient (Wildman–Crippen LogP) is 2.28. The Kier molecular flexibility index (Phi) is 6.50. The number of hydrazine groups is 1. The van der Waals surface area contributed by atoms with E-state index in [0.717, 1.165) is 37.9 Å². The number of amides is 1. The number of carbonyl (C=O) groups excluding carboxylic acids is 1. The Hall–Kier alpha value is -2.64. The smallest absolute Gasteiger partial charge is 0.227 e. The van der Waals surface area contributed by atoms with Gasteiger partial charge in [-0.15, -0.1) is 0 Å². The lowest BCUT2D eigenvalue weighted by molar-refractivity contribution is -0.135. The van der Waals surface area contributed by atoms with E-state index in [2.05, 4.69) is 32.9 Å². The molecular formula is C23H30N4O3. The van der Waals surface area contributed by atoms with E-state index in [1.54, 1.807) is 14.2 Å². The summed E-state index contributed by atoms with van der Waals surface area (Å²) in [7, 11) is 3.23. The lowest BCUT2D eigenvalue weighted by Gasteiger charge is -2.41. The first-order chi connectivity index (χ1) is 14.7. The van der Waals surface area contributed by atoms with Gasteiger partial charge in [0.1, 0.15) is 0 Å². The molecule has 2 aliphatic heterocycles. The van der Waals surface area contributed by atoms with Gasteiger partial charge in [-0.1, -0.05) is 6.07 Å². The molecular weight excluding hydrogens is 380 g/mol. The zero-order chi connectivity index (χ0) is 20.9. The Balaban J connectivity index is 1.51. The first kappa shape index (κ1) is 20.6. The summed E-state index contributed by atoms with van der Waals surface area (Å²) in [6.45, 7) is 1.65. The molecule has 7 heteroatoms. The highest BCUT2D eigenvalue weighted by molar-refractivity contribution is 5.79. The molecule has 1 amide bonds. The molecule has 1 aromatic heterocycles. The van der Waals surface area contributed by atoms with Crippen LogP contribution in [0.4, 0.5) is 0 Å². The number of hydrogen-bond donors (Lipinski definition) is 2. The minimum atomic E-state index is 0.161. The van der Waals surface area contributed by atoms with Crippen LogP contribution in [0.2, 0.25) is 0 Å². The van der Waals surface area contributed by atoms with Crippen molar-refractivity contribution in [3.8, 4) is 11.5 Å². The van der Waals surface area contributed by atoms with E-state index >= 15 is 0 Å². The zero-order valence-corrected chi connectivity index (χ0v) is 17.6. The third-order valence-corrected chi connectivity index (χ3v) is 6.25. The molecule has 0 aliphatic carbocycles. The van der Waals surface area contributed by atoms with Crippen LogP contribution in [0.3, 0.4) is 0 Å². The summed E-state index contributed by atoms with van der Waals surface area (Å²) in [6.07, 6.45) is 7.24. The summed E-state index contributed by atoms with van der Waals surface area (Å²) in [5.41, 5.74) is 8.96. The lowest BCUT2D eigenvalue weighted by Crippen LogP contribution is -2.55. The van der Waals surface area contributed by atoms with Gasteiger partial charge in [0, 0.05) is 43.5 Å². The van der Waals surface area contributed by atoms with Crippen LogP contribution >= 0.6 is 0 Å². The SMILES string of the molecule is COc1ccc(CC(=O)N2CCCCC2C2NNCC2c2ccncc2)cc1OC. The summed E-state index contributed by atoms with van der Waals surface area (Å²) >= 11 is 0. The van der Waals surface area contributed by atoms with Crippen LogP contribution in [0.15, 0.2) is 42.7 Å². The first-order valence-corrected chi connectivity index (χ1v) is 10.6. The topological polar surface area (TPSA) is 75.7 Å². The number of benzene rings is 1. The monoisotopic (exact) mass is 410 g/mol. The van der Waals surface area contributed by atoms with Gasteiger partial charge in [0.2, 0.25) is 5.91 Å². The molecule has 160 valence electrons. The van der Waals surface area contributed by atoms with Crippen molar-refractivity contribution in [2.75, 3.05) is 27.3 Å². The zero-order valence-electron chi connectivity index (χ0n) is 17.6. The van der Waals surface area contributed by atoms with Gasteiger partial charge in [-0.25, -0.2) is 0 Å². The van der Waals surface area contributed by atoms with E-state index in [1.807, 2.05) is 30.6 Å². The van der Waals surface area contributed by atoms with Gasteiger partial charge in [0.25, 0.3) is 0 Å². The summed E-state index contributed by atoms with van der Waals surface area (Å²) in [6, 6.07) is 10.2. The van der Waals surface area contributed by atoms with Gasteiger partial charge in [0.15, 0.2) is 11.5 Å². The van der Waals surface area contributed by atoms with Crippen molar-refractivity contribution in [2.45, 2.75) is 43.7 Å². The van der Waals surface area contributed by atoms with Gasteiger partial charge in [0.05, 0.1) is 20.6 Å². The average Bonchev–Trinajstić information content (AvgIpc) is 3.29. The molecule has 7 nitrogen and oxygen atoms in total. The first-order valence-electron chi connectivity index (χ1n) is 10.6. The Bertz CT molecular complexity index is 861. The highest BCUT2D eigenvalue weighted by atomic mass is 16.5. The molecule has 3 atom stereocenters. The van der Waals surface area contributed by atoms with Crippen molar-refractivity contribution >= 4 is 5.91 Å². The molecule has 0 bridgehead atoms. The normalized spacial score (nSPS) is 23.9. The second kappa shape index (κ2) is 9.45. The molecule has 2 aliphatic rings. The van der Waals surface area contributed by atoms with Gasteiger partial charge < -0.3 is 14.4 Å². The number of carbonyl (C=O) groups is 1. The summed E-state index contributed by atoms with van der Waals surface area (Å²) in [5.74, 6) is 1.80. The fourth-order valence-corrected chi connectivity index (χ4v) is 4.72. The van der Waals surface area contributed by atoms with Gasteiger partial charge >= 0.3 is 0 Å². The third-order valence-electron chi connectivity index (χ3n) is 6.25. The van der Waals surface area contributed by atoms with Crippen LogP contribution in [-0.2, 0) is 11.2 Å². The summed E-state index contributed by atoms with van der Waals surface area (Å²) in [4.78, 5) is 19.6. The summed E-state index contributed by atoms with van der Waals surface area (Å²) in [5, 5.41) is 0. The number of aromatic nitrogens is 1. The van der Waals surface area contributed by atoms with E-state index in [4.69, 9.17) is 9.47 Å². The molecule has 0 radical (unpaired) electrons. The maximum Gasteiger partial charge on any atom is 0.227 e. The standard InChI is InChI=1S/C23H30N4O3/c1-29-20-7-6-16(13-21(20)30-2)14-22(28)27-12-4-3-5-19(27)23-18(15-25-26-23)17-8-10-24-11-9-17/h6-11,13,18-19,23,25-26H,3-5,12,14-15H2,1-2H3. The molecule has 4 rings (SSSR count). The Morgan fingerprint density at radius 3 is 2.70 bits per heavy atom. The fourth-order valence-electron chi connectivity index (χ4n) is 4.72. The van der Waals surface area contributed by atoms with Crippen LogP contribution in [0.1, 0.15) is 36.3 Å². The van der Waals surface area contributed by atoms with Crippen molar-refractivity contribution in [2.24, 2.45) is 0 Å². The second-order valence-electron chi connectivity index (χ2n) is 7.95. The molecule has 2 fully saturated rings. The number of hydrogen-bond acceptors (Lipinski definition) is 6. The average molecular weight is 411 g/mol. The highest BCUT2D eigenvalue weighted by Gasteiger charge is 2.40. The van der Waals surface area contributed by atoms with Crippen molar-refractivity contribution < 1.29 is 14.3 Å². The maximum absolute atomic E-state index is 13.3. The fraction of sp³-hybridized carbons (Fsp3) is 0.478. The van der Waals surface area contributed by atoms with Crippen LogP contribution in [-0.4, -0.2) is 55.2 Å². The Morgan fingerprint density at radius 2 is 1.93 bits per heavy atom. The minimum absolute atomic E-state index is 0.161. The number of methoxy groups -OCH3 is 2. The van der Waals surface area contributed by atoms with E-state index in [-0.39, 0.29) is 18.0 Å². The predicted molar refractivity (Wildman–Crippen MR) is 115 cm³/mol. The third kappa shape index (κ3) is 4.27. The van der Waals surface area contributed by atoms with Crippen molar-refractivity contribution in [1.29, 1.82) is 0 Å². The minimum Gasteiger partial charge on any atom is -0.493 e. The van der Waals surface area contributed by atoms with Crippen LogP contribution in [0.5, 0.6) is 11.5 Å². The quantitative estimate of drug-likeness (QED) is 0.761. The molecule has 1 aromatic carbocycles. The Labute approximate surface area is 177 Å².